The van der Waals surface area contributed by atoms with Gasteiger partial charge in [0.1, 0.15) is 17.3 Å². The highest BCUT2D eigenvalue weighted by atomic mass is 32.1. The lowest BCUT2D eigenvalue weighted by Crippen LogP contribution is -2.46. The summed E-state index contributed by atoms with van der Waals surface area (Å²) < 4.78 is 18.4. The second kappa shape index (κ2) is 9.13. The first-order valence-corrected chi connectivity index (χ1v) is 10.6. The third-order valence-electron chi connectivity index (χ3n) is 5.10. The van der Waals surface area contributed by atoms with Crippen LogP contribution in [0.5, 0.6) is 5.75 Å². The van der Waals surface area contributed by atoms with Crippen molar-refractivity contribution in [1.29, 1.82) is 0 Å². The zero-order valence-electron chi connectivity index (χ0n) is 16.7. The number of methoxy groups -OCH3 is 1. The monoisotopic (exact) mass is 426 g/mol. The zero-order valence-corrected chi connectivity index (χ0v) is 17.5. The Labute approximate surface area is 178 Å². The largest absolute Gasteiger partial charge is 0.496 e. The van der Waals surface area contributed by atoms with Crippen LogP contribution >= 0.6 is 11.3 Å². The minimum atomic E-state index is -0.225. The molecule has 1 fully saturated rings. The van der Waals surface area contributed by atoms with E-state index < -0.39 is 0 Å². The molecule has 1 aliphatic rings. The van der Waals surface area contributed by atoms with Crippen molar-refractivity contribution >= 4 is 28.1 Å². The lowest BCUT2D eigenvalue weighted by molar-refractivity contribution is 0.0946. The Morgan fingerprint density at radius 1 is 1.10 bits per heavy atom. The van der Waals surface area contributed by atoms with Crippen LogP contribution in [0.25, 0.3) is 0 Å². The van der Waals surface area contributed by atoms with E-state index in [1.54, 1.807) is 24.6 Å². The van der Waals surface area contributed by atoms with Crippen molar-refractivity contribution in [2.45, 2.75) is 6.54 Å². The summed E-state index contributed by atoms with van der Waals surface area (Å²) in [7, 11) is 1.61. The van der Waals surface area contributed by atoms with E-state index in [4.69, 9.17) is 4.74 Å². The zero-order chi connectivity index (χ0) is 20.9. The van der Waals surface area contributed by atoms with Crippen molar-refractivity contribution in [2.75, 3.05) is 43.1 Å². The molecule has 0 bridgehead atoms. The number of anilines is 2. The number of ether oxygens (including phenoxy) is 1. The van der Waals surface area contributed by atoms with Gasteiger partial charge in [-0.2, -0.15) is 0 Å². The van der Waals surface area contributed by atoms with E-state index in [0.29, 0.717) is 12.2 Å². The lowest BCUT2D eigenvalue weighted by Gasteiger charge is -2.36. The molecule has 1 aliphatic heterocycles. The number of rotatable bonds is 6. The minimum absolute atomic E-state index is 0.201. The van der Waals surface area contributed by atoms with Gasteiger partial charge in [-0.05, 0) is 30.3 Å². The Balaban J connectivity index is 1.33. The molecule has 1 saturated heterocycles. The van der Waals surface area contributed by atoms with Crippen LogP contribution in [0.2, 0.25) is 0 Å². The number of carbonyl (C=O) groups excluding carboxylic acids is 1. The summed E-state index contributed by atoms with van der Waals surface area (Å²) in [5, 5.41) is 5.54. The molecule has 8 heteroatoms. The smallest absolute Gasteiger partial charge is 0.271 e. The summed E-state index contributed by atoms with van der Waals surface area (Å²) >= 11 is 1.47. The quantitative estimate of drug-likeness (QED) is 0.653. The summed E-state index contributed by atoms with van der Waals surface area (Å²) in [6, 6.07) is 14.2. The molecule has 1 amide bonds. The molecule has 4 rings (SSSR count). The maximum atomic E-state index is 13.1. The van der Waals surface area contributed by atoms with E-state index in [-0.39, 0.29) is 11.7 Å². The number of para-hydroxylation sites is 1. The van der Waals surface area contributed by atoms with Crippen LogP contribution in [0, 0.1) is 5.82 Å². The summed E-state index contributed by atoms with van der Waals surface area (Å²) in [5.41, 5.74) is 2.36. The van der Waals surface area contributed by atoms with Gasteiger partial charge < -0.3 is 19.9 Å². The molecule has 30 heavy (non-hydrogen) atoms. The molecule has 6 nitrogen and oxygen atoms in total. The number of aromatic nitrogens is 1. The van der Waals surface area contributed by atoms with Crippen molar-refractivity contribution in [3.05, 3.63) is 71.0 Å². The number of halogens is 1. The summed E-state index contributed by atoms with van der Waals surface area (Å²) in [4.78, 5) is 21.5. The maximum Gasteiger partial charge on any atom is 0.271 e. The maximum absolute atomic E-state index is 13.1. The van der Waals surface area contributed by atoms with Crippen LogP contribution in [-0.2, 0) is 6.54 Å². The standard InChI is InChI=1S/C22H23FN4O2S/c1-29-20-5-3-2-4-16(20)14-24-21(28)19-15-30-22(25-19)27-12-10-26(11-13-27)18-8-6-17(23)7-9-18/h2-9,15H,10-14H2,1H3,(H,24,28). The Morgan fingerprint density at radius 2 is 1.80 bits per heavy atom. The fourth-order valence-corrected chi connectivity index (χ4v) is 4.30. The Hall–Kier alpha value is -3.13. The molecular formula is C22H23FN4O2S. The van der Waals surface area contributed by atoms with Gasteiger partial charge in [0.2, 0.25) is 0 Å². The number of carbonyl (C=O) groups is 1. The lowest BCUT2D eigenvalue weighted by atomic mass is 10.2. The van der Waals surface area contributed by atoms with Gasteiger partial charge in [0.25, 0.3) is 5.91 Å². The highest BCUT2D eigenvalue weighted by Crippen LogP contribution is 2.24. The summed E-state index contributed by atoms with van der Waals surface area (Å²) in [6.45, 7) is 3.62. The third-order valence-corrected chi connectivity index (χ3v) is 6.00. The van der Waals surface area contributed by atoms with Crippen molar-refractivity contribution in [2.24, 2.45) is 0 Å². The number of nitrogens with one attached hydrogen (secondary N) is 1. The minimum Gasteiger partial charge on any atom is -0.496 e. The number of hydrogen-bond acceptors (Lipinski definition) is 6. The molecule has 1 N–H and O–H groups in total. The average molecular weight is 427 g/mol. The van der Waals surface area contributed by atoms with E-state index in [9.17, 15) is 9.18 Å². The van der Waals surface area contributed by atoms with Crippen LogP contribution in [0.15, 0.2) is 53.9 Å². The molecule has 2 heterocycles. The van der Waals surface area contributed by atoms with Crippen molar-refractivity contribution in [3.63, 3.8) is 0 Å². The molecule has 0 atom stereocenters. The van der Waals surface area contributed by atoms with Gasteiger partial charge in [-0.15, -0.1) is 11.3 Å². The molecule has 0 spiro atoms. The number of nitrogens with zero attached hydrogens (tertiary/aromatic N) is 3. The first-order valence-electron chi connectivity index (χ1n) is 9.75. The van der Waals surface area contributed by atoms with Crippen LogP contribution < -0.4 is 19.9 Å². The normalized spacial score (nSPS) is 13.9. The van der Waals surface area contributed by atoms with E-state index in [2.05, 4.69) is 20.1 Å². The first-order chi connectivity index (χ1) is 14.6. The number of hydrogen-bond donors (Lipinski definition) is 1. The third kappa shape index (κ3) is 4.54. The molecule has 2 aromatic carbocycles. The fraction of sp³-hybridized carbons (Fsp3) is 0.273. The predicted octanol–water partition coefficient (Wildman–Crippen LogP) is 3.55. The van der Waals surface area contributed by atoms with E-state index in [0.717, 1.165) is 48.3 Å². The van der Waals surface area contributed by atoms with Gasteiger partial charge in [0.05, 0.1) is 7.11 Å². The molecule has 156 valence electrons. The highest BCUT2D eigenvalue weighted by Gasteiger charge is 2.21. The summed E-state index contributed by atoms with van der Waals surface area (Å²) in [6.07, 6.45) is 0. The Morgan fingerprint density at radius 3 is 2.53 bits per heavy atom. The SMILES string of the molecule is COc1ccccc1CNC(=O)c1csc(N2CCN(c3ccc(F)cc3)CC2)n1. The van der Waals surface area contributed by atoms with E-state index in [1.165, 1.54) is 23.5 Å². The van der Waals surface area contributed by atoms with Crippen molar-refractivity contribution in [1.82, 2.24) is 10.3 Å². The van der Waals surface area contributed by atoms with Gasteiger partial charge in [-0.3, -0.25) is 4.79 Å². The van der Waals surface area contributed by atoms with Crippen LogP contribution in [-0.4, -0.2) is 44.2 Å². The van der Waals surface area contributed by atoms with Crippen LogP contribution in [0.1, 0.15) is 16.1 Å². The molecule has 0 saturated carbocycles. The van der Waals surface area contributed by atoms with Gasteiger partial charge in [-0.25, -0.2) is 9.37 Å². The molecule has 0 radical (unpaired) electrons. The second-order valence-electron chi connectivity index (χ2n) is 6.96. The number of amides is 1. The van der Waals surface area contributed by atoms with Gasteiger partial charge in [0.15, 0.2) is 5.13 Å². The van der Waals surface area contributed by atoms with E-state index in [1.807, 2.05) is 24.3 Å². The Bertz CT molecular complexity index is 1000. The molecule has 3 aromatic rings. The van der Waals surface area contributed by atoms with Crippen molar-refractivity contribution in [3.8, 4) is 5.75 Å². The average Bonchev–Trinajstić information content (AvgIpc) is 3.29. The van der Waals surface area contributed by atoms with Crippen LogP contribution in [0.3, 0.4) is 0 Å². The predicted molar refractivity (Wildman–Crippen MR) is 117 cm³/mol. The van der Waals surface area contributed by atoms with Gasteiger partial charge in [0, 0.05) is 49.4 Å². The second-order valence-corrected chi connectivity index (χ2v) is 7.80. The Kier molecular flexibility index (Phi) is 6.13. The van der Waals surface area contributed by atoms with Crippen LogP contribution in [0.4, 0.5) is 15.2 Å². The summed E-state index contributed by atoms with van der Waals surface area (Å²) in [5.74, 6) is 0.320. The topological polar surface area (TPSA) is 57.7 Å². The number of benzene rings is 2. The molecule has 1 aromatic heterocycles. The number of thiazole rings is 1. The first kappa shape index (κ1) is 20.2. The van der Waals surface area contributed by atoms with Gasteiger partial charge in [-0.1, -0.05) is 18.2 Å². The van der Waals surface area contributed by atoms with E-state index >= 15 is 0 Å². The molecule has 0 unspecified atom stereocenters. The molecule has 0 aliphatic carbocycles. The fourth-order valence-electron chi connectivity index (χ4n) is 3.44. The highest BCUT2D eigenvalue weighted by molar-refractivity contribution is 7.13. The van der Waals surface area contributed by atoms with Gasteiger partial charge >= 0.3 is 0 Å². The number of piperazine rings is 1. The van der Waals surface area contributed by atoms with Crippen molar-refractivity contribution < 1.29 is 13.9 Å². The molecular weight excluding hydrogens is 403 g/mol.